The zero-order valence-corrected chi connectivity index (χ0v) is 16.4. The third kappa shape index (κ3) is 5.94. The summed E-state index contributed by atoms with van der Waals surface area (Å²) in [6, 6.07) is 2.32. The maximum atomic E-state index is 13.8. The molecule has 1 aliphatic heterocycles. The Hall–Kier alpha value is -2.11. The number of sulfonamides is 1. The van der Waals surface area contributed by atoms with Crippen LogP contribution in [0.3, 0.4) is 0 Å². The number of nitrogens with zero attached hydrogens (tertiary/aromatic N) is 1. The number of carbonyl (C=O) groups is 2. The smallest absolute Gasteiger partial charge is 0.305 e. The van der Waals surface area contributed by atoms with Crippen LogP contribution in [-0.4, -0.2) is 71.0 Å². The molecule has 0 unspecified atom stereocenters. The summed E-state index contributed by atoms with van der Waals surface area (Å²) in [5, 5.41) is 2.70. The van der Waals surface area contributed by atoms with Gasteiger partial charge in [0, 0.05) is 13.0 Å². The zero-order chi connectivity index (χ0) is 20.7. The van der Waals surface area contributed by atoms with E-state index >= 15 is 0 Å². The van der Waals surface area contributed by atoms with Gasteiger partial charge in [-0.3, -0.25) is 9.59 Å². The van der Waals surface area contributed by atoms with Crippen LogP contribution < -0.4 is 10.2 Å². The topological polar surface area (TPSA) is 97.2 Å². The summed E-state index contributed by atoms with van der Waals surface area (Å²) in [4.78, 5) is 23.1. The molecule has 0 bridgehead atoms. The number of esters is 1. The van der Waals surface area contributed by atoms with Gasteiger partial charge in [-0.25, -0.2) is 17.2 Å². The van der Waals surface area contributed by atoms with E-state index in [9.17, 15) is 26.8 Å². The average molecular weight is 420 g/mol. The highest BCUT2D eigenvalue weighted by Gasteiger charge is 2.33. The lowest BCUT2D eigenvalue weighted by Crippen LogP contribution is -3.15. The fourth-order valence-electron chi connectivity index (χ4n) is 2.89. The Labute approximate surface area is 162 Å². The van der Waals surface area contributed by atoms with Gasteiger partial charge in [0.25, 0.3) is 5.91 Å². The minimum Gasteiger partial charge on any atom is -0.469 e. The number of nitrogens with one attached hydrogen (secondary N) is 2. The summed E-state index contributed by atoms with van der Waals surface area (Å²) >= 11 is 0. The second-order valence-corrected chi connectivity index (χ2v) is 8.34. The van der Waals surface area contributed by atoms with Gasteiger partial charge in [-0.1, -0.05) is 0 Å². The van der Waals surface area contributed by atoms with E-state index in [-0.39, 0.29) is 37.9 Å². The molecule has 0 atom stereocenters. The molecular weight excluding hydrogens is 396 g/mol. The molecular formula is C17H24F2N3O5S+. The van der Waals surface area contributed by atoms with Crippen LogP contribution in [0.2, 0.25) is 0 Å². The number of carbonyl (C=O) groups excluding carboxylic acids is 2. The molecule has 1 aliphatic rings. The summed E-state index contributed by atoms with van der Waals surface area (Å²) in [6.45, 7) is 1.45. The highest BCUT2D eigenvalue weighted by Crippen LogP contribution is 2.20. The number of amides is 1. The van der Waals surface area contributed by atoms with Crippen molar-refractivity contribution >= 4 is 21.9 Å². The highest BCUT2D eigenvalue weighted by molar-refractivity contribution is 7.89. The second kappa shape index (κ2) is 9.89. The third-order valence-corrected chi connectivity index (χ3v) is 6.37. The lowest BCUT2D eigenvalue weighted by molar-refractivity contribution is -0.895. The van der Waals surface area contributed by atoms with Crippen molar-refractivity contribution in [2.24, 2.45) is 0 Å². The molecule has 0 aromatic heterocycles. The molecule has 0 aliphatic carbocycles. The minimum atomic E-state index is -4.13. The summed E-state index contributed by atoms with van der Waals surface area (Å²) in [6.07, 6.45) is 0.690. The number of rotatable bonds is 8. The van der Waals surface area contributed by atoms with Gasteiger partial charge < -0.3 is 15.0 Å². The quantitative estimate of drug-likeness (QED) is 0.412. The molecule has 1 fully saturated rings. The van der Waals surface area contributed by atoms with Gasteiger partial charge >= 0.3 is 5.97 Å². The van der Waals surface area contributed by atoms with Crippen LogP contribution in [0, 0.1) is 11.6 Å². The summed E-state index contributed by atoms with van der Waals surface area (Å²) < 4.78 is 57.8. The number of hydrogen-bond acceptors (Lipinski definition) is 5. The Morgan fingerprint density at radius 1 is 1.25 bits per heavy atom. The normalized spacial score (nSPS) is 16.0. The van der Waals surface area contributed by atoms with Crippen molar-refractivity contribution in [2.45, 2.75) is 17.7 Å². The molecule has 1 aromatic rings. The van der Waals surface area contributed by atoms with Crippen molar-refractivity contribution < 1.29 is 36.4 Å². The first kappa shape index (κ1) is 22.2. The lowest BCUT2D eigenvalue weighted by atomic mass is 10.3. The first-order valence-electron chi connectivity index (χ1n) is 8.86. The van der Waals surface area contributed by atoms with E-state index < -0.39 is 26.6 Å². The van der Waals surface area contributed by atoms with Gasteiger partial charge in [-0.2, -0.15) is 4.31 Å². The molecule has 0 spiro atoms. The summed E-state index contributed by atoms with van der Waals surface area (Å²) in [5.74, 6) is -2.37. The third-order valence-electron chi connectivity index (χ3n) is 4.46. The van der Waals surface area contributed by atoms with Gasteiger partial charge in [0.15, 0.2) is 6.54 Å². The Morgan fingerprint density at radius 3 is 2.57 bits per heavy atom. The van der Waals surface area contributed by atoms with Crippen molar-refractivity contribution in [3.63, 3.8) is 0 Å². The van der Waals surface area contributed by atoms with Gasteiger partial charge in [-0.05, 0) is 24.6 Å². The number of benzene rings is 1. The van der Waals surface area contributed by atoms with Crippen LogP contribution in [0.1, 0.15) is 12.8 Å². The highest BCUT2D eigenvalue weighted by atomic mass is 32.2. The van der Waals surface area contributed by atoms with Gasteiger partial charge in [-0.15, -0.1) is 0 Å². The molecule has 0 saturated carbocycles. The molecule has 1 aromatic carbocycles. The van der Waals surface area contributed by atoms with Crippen LogP contribution in [-0.2, 0) is 24.3 Å². The van der Waals surface area contributed by atoms with E-state index in [1.165, 1.54) is 7.11 Å². The number of methoxy groups -OCH3 is 1. The zero-order valence-electron chi connectivity index (χ0n) is 15.5. The van der Waals surface area contributed by atoms with E-state index in [2.05, 4.69) is 10.1 Å². The fourth-order valence-corrected chi connectivity index (χ4v) is 4.40. The first-order chi connectivity index (χ1) is 13.2. The van der Waals surface area contributed by atoms with E-state index in [1.807, 2.05) is 0 Å². The van der Waals surface area contributed by atoms with Gasteiger partial charge in [0.1, 0.15) is 16.5 Å². The maximum absolute atomic E-state index is 13.8. The molecule has 28 heavy (non-hydrogen) atoms. The van der Waals surface area contributed by atoms with E-state index in [1.54, 1.807) is 0 Å². The molecule has 2 rings (SSSR count). The number of ether oxygens (including phenoxy) is 1. The van der Waals surface area contributed by atoms with E-state index in [4.69, 9.17) is 0 Å². The fraction of sp³-hybridized carbons (Fsp3) is 0.529. The number of halogens is 2. The predicted molar refractivity (Wildman–Crippen MR) is 94.9 cm³/mol. The standard InChI is InChI=1S/C17H23F2N3O5S/c1-27-17(24)3-2-6-20-16(23)12-21-7-9-22(10-8-21)28(25,26)15-11-13(18)4-5-14(15)19/h4-5,11H,2-3,6-10,12H2,1H3,(H,20,23)/p+1. The summed E-state index contributed by atoms with van der Waals surface area (Å²) in [7, 11) is -2.84. The molecule has 11 heteroatoms. The van der Waals surface area contributed by atoms with Crippen LogP contribution in [0.4, 0.5) is 8.78 Å². The second-order valence-electron chi connectivity index (χ2n) is 6.44. The van der Waals surface area contributed by atoms with Crippen LogP contribution in [0.15, 0.2) is 23.1 Å². The van der Waals surface area contributed by atoms with Crippen molar-refractivity contribution in [1.82, 2.24) is 9.62 Å². The van der Waals surface area contributed by atoms with E-state index in [0.29, 0.717) is 32.1 Å². The largest absolute Gasteiger partial charge is 0.469 e. The maximum Gasteiger partial charge on any atom is 0.305 e. The summed E-state index contributed by atoms with van der Waals surface area (Å²) in [5.41, 5.74) is 0. The van der Waals surface area contributed by atoms with Gasteiger partial charge in [0.2, 0.25) is 10.0 Å². The molecule has 156 valence electrons. The number of hydrogen-bond donors (Lipinski definition) is 2. The molecule has 0 radical (unpaired) electrons. The number of quaternary nitrogens is 1. The van der Waals surface area contributed by atoms with Crippen molar-refractivity contribution in [3.05, 3.63) is 29.8 Å². The Kier molecular flexibility index (Phi) is 7.84. The van der Waals surface area contributed by atoms with Gasteiger partial charge in [0.05, 0.1) is 33.3 Å². The Balaban J connectivity index is 1.81. The average Bonchev–Trinajstić information content (AvgIpc) is 2.67. The van der Waals surface area contributed by atoms with Crippen molar-refractivity contribution in [2.75, 3.05) is 46.4 Å². The first-order valence-corrected chi connectivity index (χ1v) is 10.3. The Morgan fingerprint density at radius 2 is 1.93 bits per heavy atom. The lowest BCUT2D eigenvalue weighted by Gasteiger charge is -2.31. The Bertz CT molecular complexity index is 811. The minimum absolute atomic E-state index is 0.100. The molecule has 1 amide bonds. The van der Waals surface area contributed by atoms with Crippen LogP contribution >= 0.6 is 0 Å². The monoisotopic (exact) mass is 420 g/mol. The van der Waals surface area contributed by atoms with Crippen LogP contribution in [0.25, 0.3) is 0 Å². The number of piperazine rings is 1. The van der Waals surface area contributed by atoms with Crippen molar-refractivity contribution in [3.8, 4) is 0 Å². The predicted octanol–water partition coefficient (Wildman–Crippen LogP) is -1.08. The van der Waals surface area contributed by atoms with Crippen molar-refractivity contribution in [1.29, 1.82) is 0 Å². The van der Waals surface area contributed by atoms with Crippen LogP contribution in [0.5, 0.6) is 0 Å². The molecule has 2 N–H and O–H groups in total. The molecule has 8 nitrogen and oxygen atoms in total. The molecule has 1 saturated heterocycles. The SMILES string of the molecule is COC(=O)CCCNC(=O)C[NH+]1CCN(S(=O)(=O)c2cc(F)ccc2F)CC1. The van der Waals surface area contributed by atoms with E-state index in [0.717, 1.165) is 21.3 Å². The molecule has 1 heterocycles.